The molecule has 1 atom stereocenters. The Bertz CT molecular complexity index is 1170. The van der Waals surface area contributed by atoms with E-state index in [2.05, 4.69) is 20.5 Å². The Morgan fingerprint density at radius 2 is 2.23 bits per heavy atom. The van der Waals surface area contributed by atoms with E-state index in [1.807, 2.05) is 37.5 Å². The van der Waals surface area contributed by atoms with E-state index in [0.29, 0.717) is 47.9 Å². The van der Waals surface area contributed by atoms with Gasteiger partial charge in [0.05, 0.1) is 11.6 Å². The number of hydrogen-bond donors (Lipinski definition) is 3. The Hall–Kier alpha value is -3.62. The predicted octanol–water partition coefficient (Wildman–Crippen LogP) is 2.88. The first-order chi connectivity index (χ1) is 14.4. The maximum Gasteiger partial charge on any atom is 0.278 e. The van der Waals surface area contributed by atoms with Crippen LogP contribution in [-0.4, -0.2) is 38.2 Å². The highest BCUT2D eigenvalue weighted by atomic mass is 16.5. The molecule has 1 aromatic carbocycles. The number of carbonyl (C=O) groups is 2. The van der Waals surface area contributed by atoms with Crippen molar-refractivity contribution in [2.75, 3.05) is 11.9 Å². The van der Waals surface area contributed by atoms with Gasteiger partial charge in [-0.05, 0) is 38.8 Å². The third kappa shape index (κ3) is 3.22. The van der Waals surface area contributed by atoms with Crippen molar-refractivity contribution >= 4 is 28.8 Å². The summed E-state index contributed by atoms with van der Waals surface area (Å²) in [5.74, 6) is 0.0116. The number of imidazole rings is 1. The van der Waals surface area contributed by atoms with E-state index >= 15 is 0 Å². The lowest BCUT2D eigenvalue weighted by Gasteiger charge is -2.26. The third-order valence-electron chi connectivity index (χ3n) is 5.34. The van der Waals surface area contributed by atoms with Crippen LogP contribution in [0.15, 0.2) is 24.3 Å². The van der Waals surface area contributed by atoms with Crippen molar-refractivity contribution in [3.05, 3.63) is 46.8 Å². The minimum absolute atomic E-state index is 0.0556. The Morgan fingerprint density at radius 3 is 2.93 bits per heavy atom. The molecule has 4 N–H and O–H groups in total. The van der Waals surface area contributed by atoms with Crippen molar-refractivity contribution in [3.63, 3.8) is 0 Å². The van der Waals surface area contributed by atoms with E-state index in [1.165, 1.54) is 0 Å². The third-order valence-corrected chi connectivity index (χ3v) is 5.34. The van der Waals surface area contributed by atoms with Gasteiger partial charge in [-0.15, -0.1) is 0 Å². The number of aromatic nitrogens is 4. The molecule has 9 heteroatoms. The van der Waals surface area contributed by atoms with Gasteiger partial charge in [0.1, 0.15) is 17.9 Å². The van der Waals surface area contributed by atoms with Crippen molar-refractivity contribution in [1.29, 1.82) is 0 Å². The molecule has 0 bridgehead atoms. The summed E-state index contributed by atoms with van der Waals surface area (Å²) in [6, 6.07) is 3.18. The largest absolute Gasteiger partial charge is 0.489 e. The summed E-state index contributed by atoms with van der Waals surface area (Å²) >= 11 is 0. The van der Waals surface area contributed by atoms with E-state index in [4.69, 9.17) is 10.5 Å². The topological polar surface area (TPSA) is 128 Å². The number of primary amides is 1. The van der Waals surface area contributed by atoms with Crippen molar-refractivity contribution < 1.29 is 14.3 Å². The molecule has 3 aromatic rings. The van der Waals surface area contributed by atoms with Gasteiger partial charge in [-0.25, -0.2) is 4.98 Å². The molecule has 156 valence electrons. The maximum absolute atomic E-state index is 13.0. The predicted molar refractivity (Wildman–Crippen MR) is 113 cm³/mol. The molecule has 1 unspecified atom stereocenters. The smallest absolute Gasteiger partial charge is 0.278 e. The molecule has 0 fully saturated rings. The number of benzene rings is 1. The molecule has 4 rings (SSSR count). The second-order valence-corrected chi connectivity index (χ2v) is 7.26. The zero-order valence-electron chi connectivity index (χ0n) is 17.2. The van der Waals surface area contributed by atoms with Crippen LogP contribution in [0.2, 0.25) is 0 Å². The SMILES string of the molecule is CC=CCC1COc2cc(C(N)=O)cc3nc(NC(=O)c4n[nH]c(C)c4CC)n1c23. The van der Waals surface area contributed by atoms with Crippen molar-refractivity contribution in [2.45, 2.75) is 39.7 Å². The molecule has 3 heterocycles. The zero-order chi connectivity index (χ0) is 21.4. The van der Waals surface area contributed by atoms with Gasteiger partial charge in [0.25, 0.3) is 5.91 Å². The van der Waals surface area contributed by atoms with Gasteiger partial charge in [-0.1, -0.05) is 19.1 Å². The molecule has 9 nitrogen and oxygen atoms in total. The van der Waals surface area contributed by atoms with Crippen LogP contribution in [0.1, 0.15) is 58.4 Å². The Labute approximate surface area is 173 Å². The van der Waals surface area contributed by atoms with Gasteiger partial charge in [-0.3, -0.25) is 24.6 Å². The number of hydrogen-bond acceptors (Lipinski definition) is 5. The molecule has 0 aliphatic carbocycles. The number of carbonyl (C=O) groups excluding carboxylic acids is 2. The van der Waals surface area contributed by atoms with Gasteiger partial charge < -0.3 is 10.5 Å². The number of allylic oxidation sites excluding steroid dienone is 2. The summed E-state index contributed by atoms with van der Waals surface area (Å²) in [5, 5.41) is 9.93. The highest BCUT2D eigenvalue weighted by molar-refractivity contribution is 6.05. The molecule has 1 aliphatic rings. The number of aryl methyl sites for hydroxylation is 1. The minimum atomic E-state index is -0.562. The van der Waals surface area contributed by atoms with Gasteiger partial charge in [0.2, 0.25) is 11.9 Å². The van der Waals surface area contributed by atoms with Crippen LogP contribution < -0.4 is 15.8 Å². The number of nitrogens with one attached hydrogen (secondary N) is 2. The fourth-order valence-corrected chi connectivity index (χ4v) is 3.85. The van der Waals surface area contributed by atoms with Crippen LogP contribution in [-0.2, 0) is 6.42 Å². The van der Waals surface area contributed by atoms with Gasteiger partial charge in [0.15, 0.2) is 5.69 Å². The first-order valence-electron chi connectivity index (χ1n) is 9.89. The number of amides is 2. The molecule has 0 saturated carbocycles. The van der Waals surface area contributed by atoms with Crippen LogP contribution in [0, 0.1) is 6.92 Å². The standard InChI is InChI=1S/C21H24N6O3/c1-4-6-7-13-10-30-16-9-12(19(22)28)8-15-18(16)27(13)21(23-15)24-20(29)17-14(5-2)11(3)25-26-17/h4,6,8-9,13H,5,7,10H2,1-3H3,(H2,22,28)(H,25,26)(H,23,24,29). The van der Waals surface area contributed by atoms with Gasteiger partial charge in [-0.2, -0.15) is 5.10 Å². The summed E-state index contributed by atoms with van der Waals surface area (Å²) in [6.07, 6.45) is 5.41. The second-order valence-electron chi connectivity index (χ2n) is 7.26. The van der Waals surface area contributed by atoms with Gasteiger partial charge in [0, 0.05) is 16.8 Å². The molecule has 0 spiro atoms. The van der Waals surface area contributed by atoms with E-state index < -0.39 is 5.91 Å². The lowest BCUT2D eigenvalue weighted by Crippen LogP contribution is -2.25. The first-order valence-corrected chi connectivity index (χ1v) is 9.89. The minimum Gasteiger partial charge on any atom is -0.489 e. The molecule has 30 heavy (non-hydrogen) atoms. The summed E-state index contributed by atoms with van der Waals surface area (Å²) < 4.78 is 7.87. The fraction of sp³-hybridized carbons (Fsp3) is 0.333. The zero-order valence-corrected chi connectivity index (χ0v) is 17.2. The van der Waals surface area contributed by atoms with Crippen molar-refractivity contribution in [2.24, 2.45) is 5.73 Å². The molecular weight excluding hydrogens is 384 g/mol. The summed E-state index contributed by atoms with van der Waals surface area (Å²) in [5.41, 5.74) is 9.11. The summed E-state index contributed by atoms with van der Waals surface area (Å²) in [7, 11) is 0. The number of nitrogens with zero attached hydrogens (tertiary/aromatic N) is 3. The quantitative estimate of drug-likeness (QED) is 0.540. The molecule has 2 aromatic heterocycles. The van der Waals surface area contributed by atoms with E-state index in [-0.39, 0.29) is 11.9 Å². The number of aromatic amines is 1. The highest BCUT2D eigenvalue weighted by Crippen LogP contribution is 2.38. The maximum atomic E-state index is 13.0. The first kappa shape index (κ1) is 19.7. The normalized spacial score (nSPS) is 15.5. The molecule has 0 saturated heterocycles. The summed E-state index contributed by atoms with van der Waals surface area (Å²) in [4.78, 5) is 29.3. The number of rotatable bonds is 6. The molecule has 2 amide bonds. The number of H-pyrrole nitrogens is 1. The van der Waals surface area contributed by atoms with Crippen molar-refractivity contribution in [1.82, 2.24) is 19.7 Å². The average Bonchev–Trinajstić information content (AvgIpc) is 3.28. The van der Waals surface area contributed by atoms with Crippen LogP contribution in [0.5, 0.6) is 5.75 Å². The molecular formula is C21H24N6O3. The lowest BCUT2D eigenvalue weighted by atomic mass is 10.1. The fourth-order valence-electron chi connectivity index (χ4n) is 3.85. The second kappa shape index (κ2) is 7.66. The van der Waals surface area contributed by atoms with E-state index in [9.17, 15) is 9.59 Å². The Kier molecular flexibility index (Phi) is 5.03. The van der Waals surface area contributed by atoms with Crippen LogP contribution in [0.3, 0.4) is 0 Å². The van der Waals surface area contributed by atoms with E-state index in [0.717, 1.165) is 16.8 Å². The number of nitrogens with two attached hydrogens (primary N) is 1. The van der Waals surface area contributed by atoms with Crippen LogP contribution in [0.25, 0.3) is 11.0 Å². The van der Waals surface area contributed by atoms with Crippen LogP contribution in [0.4, 0.5) is 5.95 Å². The molecule has 1 aliphatic heterocycles. The number of ether oxygens (including phenoxy) is 1. The highest BCUT2D eigenvalue weighted by Gasteiger charge is 2.29. The van der Waals surface area contributed by atoms with Gasteiger partial charge >= 0.3 is 0 Å². The van der Waals surface area contributed by atoms with E-state index in [1.54, 1.807) is 12.1 Å². The summed E-state index contributed by atoms with van der Waals surface area (Å²) in [6.45, 7) is 6.20. The average molecular weight is 408 g/mol. The molecule has 0 radical (unpaired) electrons. The Morgan fingerprint density at radius 1 is 1.43 bits per heavy atom. The monoisotopic (exact) mass is 408 g/mol. The lowest BCUT2D eigenvalue weighted by molar-refractivity contribution is 0.0996. The van der Waals surface area contributed by atoms with Crippen LogP contribution >= 0.6 is 0 Å². The number of anilines is 1. The van der Waals surface area contributed by atoms with Crippen molar-refractivity contribution in [3.8, 4) is 5.75 Å². The Balaban J connectivity index is 1.82.